The Morgan fingerprint density at radius 3 is 2.25 bits per heavy atom. The number of sulfonamides is 1. The summed E-state index contributed by atoms with van der Waals surface area (Å²) in [6.07, 6.45) is 8.10. The molecule has 1 atom stereocenters. The fourth-order valence-corrected chi connectivity index (χ4v) is 9.60. The molecule has 3 aromatic carbocycles. The zero-order valence-electron chi connectivity index (χ0n) is 33.0. The summed E-state index contributed by atoms with van der Waals surface area (Å²) in [5, 5.41) is 7.24. The van der Waals surface area contributed by atoms with E-state index in [1.807, 2.05) is 30.3 Å². The third-order valence-corrected chi connectivity index (χ3v) is 13.1. The summed E-state index contributed by atoms with van der Waals surface area (Å²) in [6.45, 7) is 7.96. The van der Waals surface area contributed by atoms with Gasteiger partial charge in [-0.05, 0) is 91.8 Å². The molecule has 0 radical (unpaired) electrons. The molecule has 0 aliphatic carbocycles. The fourth-order valence-electron chi connectivity index (χ4n) is 8.47. The van der Waals surface area contributed by atoms with Gasteiger partial charge >= 0.3 is 0 Å². The number of carbonyl (C=O) groups is 2. The Labute approximate surface area is 343 Å². The van der Waals surface area contributed by atoms with Gasteiger partial charge in [0.25, 0.3) is 0 Å². The molecule has 0 unspecified atom stereocenters. The van der Waals surface area contributed by atoms with Gasteiger partial charge in [0.05, 0.1) is 28.7 Å². The van der Waals surface area contributed by atoms with E-state index in [0.29, 0.717) is 41.3 Å². The van der Waals surface area contributed by atoms with Crippen LogP contribution in [-0.4, -0.2) is 91.5 Å². The van der Waals surface area contributed by atoms with Crippen molar-refractivity contribution >= 4 is 38.9 Å². The number of benzene rings is 3. The van der Waals surface area contributed by atoms with Gasteiger partial charge in [0.15, 0.2) is 5.82 Å². The predicted molar refractivity (Wildman–Crippen MR) is 225 cm³/mol. The van der Waals surface area contributed by atoms with Crippen molar-refractivity contribution in [1.29, 1.82) is 0 Å². The molecule has 5 aromatic rings. The van der Waals surface area contributed by atoms with E-state index in [9.17, 15) is 18.0 Å². The molecule has 3 aliphatic heterocycles. The summed E-state index contributed by atoms with van der Waals surface area (Å²) < 4.78 is 60.4. The number of pyridine rings is 1. The van der Waals surface area contributed by atoms with Gasteiger partial charge in [0, 0.05) is 93.2 Å². The van der Waals surface area contributed by atoms with Crippen molar-refractivity contribution < 1.29 is 26.8 Å². The molecule has 8 rings (SSSR count). The summed E-state index contributed by atoms with van der Waals surface area (Å²) in [4.78, 5) is 35.0. The van der Waals surface area contributed by atoms with E-state index in [4.69, 9.17) is 5.10 Å². The third kappa shape index (κ3) is 9.00. The molecule has 59 heavy (non-hydrogen) atoms. The number of aromatic nitrogens is 3. The number of nitrogens with one attached hydrogen (secondary N) is 2. The molecule has 15 heteroatoms. The van der Waals surface area contributed by atoms with Crippen molar-refractivity contribution in [1.82, 2.24) is 25.0 Å². The molecule has 2 N–H and O–H groups in total. The van der Waals surface area contributed by atoms with Crippen molar-refractivity contribution in [3.05, 3.63) is 109 Å². The second-order valence-electron chi connectivity index (χ2n) is 15.6. The molecule has 0 saturated carbocycles. The number of carbonyl (C=O) groups excluding carboxylic acids is 2. The second kappa shape index (κ2) is 17.3. The van der Waals surface area contributed by atoms with Crippen LogP contribution in [-0.2, 0) is 19.6 Å². The van der Waals surface area contributed by atoms with Gasteiger partial charge in [0.1, 0.15) is 11.5 Å². The maximum atomic E-state index is 16.0. The summed E-state index contributed by atoms with van der Waals surface area (Å²) >= 11 is 0. The summed E-state index contributed by atoms with van der Waals surface area (Å²) in [6, 6.07) is 21.5. The van der Waals surface area contributed by atoms with Crippen LogP contribution in [0.25, 0.3) is 28.1 Å². The van der Waals surface area contributed by atoms with Crippen LogP contribution in [0.3, 0.4) is 0 Å². The maximum absolute atomic E-state index is 16.0. The molecule has 0 bridgehead atoms. The van der Waals surface area contributed by atoms with E-state index in [-0.39, 0.29) is 41.1 Å². The molecule has 0 spiro atoms. The summed E-state index contributed by atoms with van der Waals surface area (Å²) in [7, 11) is -3.70. The Bertz CT molecular complexity index is 2410. The van der Waals surface area contributed by atoms with E-state index in [1.54, 1.807) is 48.4 Å². The average Bonchev–Trinajstić information content (AvgIpc) is 3.68. The third-order valence-electron chi connectivity index (χ3n) is 11.6. The quantitative estimate of drug-likeness (QED) is 0.134. The highest BCUT2D eigenvalue weighted by atomic mass is 32.2. The Morgan fingerprint density at radius 2 is 1.56 bits per heavy atom. The highest BCUT2D eigenvalue weighted by Crippen LogP contribution is 2.37. The minimum Gasteiger partial charge on any atom is -0.369 e. The molecular formula is C44H48F2N8O4S. The molecule has 2 amide bonds. The van der Waals surface area contributed by atoms with Gasteiger partial charge in [0.2, 0.25) is 21.8 Å². The lowest BCUT2D eigenvalue weighted by atomic mass is 9.90. The number of anilines is 3. The molecule has 5 heterocycles. The summed E-state index contributed by atoms with van der Waals surface area (Å²) in [5.74, 6) is -1.72. The standard InChI is InChI=1S/C44H48F2N8O4S/c1-2-26-59(57,58)50-39-5-3-4-36(42(39)46)37-29-54(49-43(37)31-14-18-47-19-15-31)34-9-7-33(8-10-34)52-24-22-51(23-25-52)28-30-16-20-53(21-17-30)40-12-6-32(27-38(40)45)35-11-13-41(55)48-44(35)56/h3-10,12,14-15,18-19,27,29-30,35,50H,2,11,13,16-17,20-26,28H2,1H3,(H,48,55,56)/t35-/m1/s1. The zero-order chi connectivity index (χ0) is 41.1. The van der Waals surface area contributed by atoms with E-state index >= 15 is 8.78 Å². The number of hydrogen-bond donors (Lipinski definition) is 2. The molecule has 2 aromatic heterocycles. The first-order valence-electron chi connectivity index (χ1n) is 20.3. The lowest BCUT2D eigenvalue weighted by Gasteiger charge is -2.40. The Balaban J connectivity index is 0.878. The number of halogens is 2. The number of hydrogen-bond acceptors (Lipinski definition) is 9. The van der Waals surface area contributed by atoms with Crippen LogP contribution < -0.4 is 19.8 Å². The Kier molecular flexibility index (Phi) is 11.8. The van der Waals surface area contributed by atoms with Crippen molar-refractivity contribution in [3.63, 3.8) is 0 Å². The van der Waals surface area contributed by atoms with Crippen LogP contribution in [0.15, 0.2) is 91.4 Å². The van der Waals surface area contributed by atoms with Crippen LogP contribution >= 0.6 is 0 Å². The molecule has 3 fully saturated rings. The van der Waals surface area contributed by atoms with Gasteiger partial charge in [-0.1, -0.05) is 25.1 Å². The number of piperidine rings is 2. The largest absolute Gasteiger partial charge is 0.369 e. The van der Waals surface area contributed by atoms with Gasteiger partial charge in [-0.3, -0.25) is 29.5 Å². The normalized spacial score (nSPS) is 18.3. The topological polar surface area (TPSA) is 133 Å². The van der Waals surface area contributed by atoms with Gasteiger partial charge < -0.3 is 9.80 Å². The van der Waals surface area contributed by atoms with E-state index in [1.165, 1.54) is 12.1 Å². The lowest BCUT2D eigenvalue weighted by molar-refractivity contribution is -0.134. The van der Waals surface area contributed by atoms with Gasteiger partial charge in [-0.15, -0.1) is 0 Å². The number of piperazine rings is 1. The van der Waals surface area contributed by atoms with E-state index < -0.39 is 21.8 Å². The number of rotatable bonds is 12. The first kappa shape index (κ1) is 40.1. The molecule has 3 aliphatic rings. The average molecular weight is 823 g/mol. The Morgan fingerprint density at radius 1 is 0.831 bits per heavy atom. The van der Waals surface area contributed by atoms with Gasteiger partial charge in [-0.25, -0.2) is 21.9 Å². The van der Waals surface area contributed by atoms with E-state index in [2.05, 4.69) is 41.9 Å². The zero-order valence-corrected chi connectivity index (χ0v) is 33.8. The number of imide groups is 1. The van der Waals surface area contributed by atoms with Crippen molar-refractivity contribution in [3.8, 4) is 28.1 Å². The fraction of sp³-hybridized carbons (Fsp3) is 0.364. The van der Waals surface area contributed by atoms with Crippen LogP contribution in [0.2, 0.25) is 0 Å². The number of amides is 2. The highest BCUT2D eigenvalue weighted by molar-refractivity contribution is 7.92. The van der Waals surface area contributed by atoms with Gasteiger partial charge in [-0.2, -0.15) is 5.10 Å². The second-order valence-corrected chi connectivity index (χ2v) is 17.5. The van der Waals surface area contributed by atoms with E-state index in [0.717, 1.165) is 75.6 Å². The maximum Gasteiger partial charge on any atom is 0.234 e. The van der Waals surface area contributed by atoms with Crippen LogP contribution in [0, 0.1) is 17.6 Å². The lowest BCUT2D eigenvalue weighted by Crippen LogP contribution is -2.49. The molecular weight excluding hydrogens is 775 g/mol. The molecule has 12 nitrogen and oxygen atoms in total. The SMILES string of the molecule is CCCS(=O)(=O)Nc1cccc(-c2cn(-c3ccc(N4CCN(CC5CCN(c6ccc([C@H]7CCC(=O)NC7=O)cc6F)CC5)CC4)cc3)nc2-c2ccncc2)c1F. The predicted octanol–water partition coefficient (Wildman–Crippen LogP) is 6.59. The van der Waals surface area contributed by atoms with Crippen LogP contribution in [0.4, 0.5) is 25.8 Å². The first-order chi connectivity index (χ1) is 28.5. The van der Waals surface area contributed by atoms with Crippen molar-refractivity contribution in [2.45, 2.75) is 44.9 Å². The monoisotopic (exact) mass is 822 g/mol. The number of nitrogens with zero attached hydrogens (tertiary/aromatic N) is 6. The summed E-state index contributed by atoms with van der Waals surface area (Å²) in [5.41, 5.74) is 5.00. The van der Waals surface area contributed by atoms with Crippen LogP contribution in [0.1, 0.15) is 50.5 Å². The smallest absolute Gasteiger partial charge is 0.234 e. The highest BCUT2D eigenvalue weighted by Gasteiger charge is 2.30. The van der Waals surface area contributed by atoms with Crippen LogP contribution in [0.5, 0.6) is 0 Å². The molecule has 3 saturated heterocycles. The molecule has 308 valence electrons. The first-order valence-corrected chi connectivity index (χ1v) is 22.0. The van der Waals surface area contributed by atoms with Crippen molar-refractivity contribution in [2.24, 2.45) is 5.92 Å². The van der Waals surface area contributed by atoms with Crippen molar-refractivity contribution in [2.75, 3.05) is 66.1 Å². The minimum absolute atomic E-state index is 0.108. The minimum atomic E-state index is -3.70. The Hall–Kier alpha value is -5.67.